The lowest BCUT2D eigenvalue weighted by molar-refractivity contribution is 0.102. The molecule has 31 heavy (non-hydrogen) atoms. The molecule has 1 aliphatic rings. The minimum absolute atomic E-state index is 0.0572. The number of rotatable bonds is 4. The van der Waals surface area contributed by atoms with Crippen molar-refractivity contribution in [3.63, 3.8) is 0 Å². The van der Waals surface area contributed by atoms with Crippen molar-refractivity contribution in [3.05, 3.63) is 77.8 Å². The summed E-state index contributed by atoms with van der Waals surface area (Å²) in [6, 6.07) is 10.2. The molecular formula is C24H24F2N4O. The SMILES string of the molecule is C[C@@H]1C[C@H](N)C[C@H](c2ccncc2NC(=O)c2cccc(-c3c(F)cccc3F)n2)C1. The third-order valence-corrected chi connectivity index (χ3v) is 5.72. The average molecular weight is 422 g/mol. The first kappa shape index (κ1) is 21.1. The molecule has 3 N–H and O–H groups in total. The van der Waals surface area contributed by atoms with E-state index in [1.165, 1.54) is 18.2 Å². The van der Waals surface area contributed by atoms with Gasteiger partial charge < -0.3 is 11.1 Å². The van der Waals surface area contributed by atoms with E-state index >= 15 is 0 Å². The third-order valence-electron chi connectivity index (χ3n) is 5.72. The van der Waals surface area contributed by atoms with E-state index in [1.54, 1.807) is 18.5 Å². The fourth-order valence-corrected chi connectivity index (χ4v) is 4.41. The maximum absolute atomic E-state index is 14.1. The highest BCUT2D eigenvalue weighted by Crippen LogP contribution is 2.38. The smallest absolute Gasteiger partial charge is 0.274 e. The highest BCUT2D eigenvalue weighted by molar-refractivity contribution is 6.03. The molecule has 0 radical (unpaired) electrons. The van der Waals surface area contributed by atoms with Gasteiger partial charge in [-0.1, -0.05) is 19.1 Å². The van der Waals surface area contributed by atoms with Gasteiger partial charge in [-0.2, -0.15) is 0 Å². The molecule has 1 amide bonds. The molecule has 4 rings (SSSR count). The van der Waals surface area contributed by atoms with Gasteiger partial charge >= 0.3 is 0 Å². The summed E-state index contributed by atoms with van der Waals surface area (Å²) in [7, 11) is 0. The number of aromatic nitrogens is 2. The molecule has 0 aliphatic heterocycles. The summed E-state index contributed by atoms with van der Waals surface area (Å²) in [4.78, 5) is 21.3. The van der Waals surface area contributed by atoms with Crippen molar-refractivity contribution in [2.24, 2.45) is 11.7 Å². The number of nitrogens with two attached hydrogens (primary N) is 1. The van der Waals surface area contributed by atoms with Crippen LogP contribution >= 0.6 is 0 Å². The van der Waals surface area contributed by atoms with Crippen molar-refractivity contribution in [1.29, 1.82) is 0 Å². The Hall–Kier alpha value is -3.19. The molecule has 1 aromatic carbocycles. The first-order valence-corrected chi connectivity index (χ1v) is 10.3. The van der Waals surface area contributed by atoms with Crippen LogP contribution in [-0.4, -0.2) is 21.9 Å². The Morgan fingerprint density at radius 1 is 1.06 bits per heavy atom. The quantitative estimate of drug-likeness (QED) is 0.626. The van der Waals surface area contributed by atoms with Gasteiger partial charge in [-0.25, -0.2) is 13.8 Å². The number of carbonyl (C=O) groups is 1. The molecule has 1 fully saturated rings. The molecule has 2 heterocycles. The van der Waals surface area contributed by atoms with Crippen LogP contribution in [0, 0.1) is 17.6 Å². The summed E-state index contributed by atoms with van der Waals surface area (Å²) in [5, 5.41) is 2.87. The van der Waals surface area contributed by atoms with Crippen LogP contribution in [0.15, 0.2) is 54.9 Å². The van der Waals surface area contributed by atoms with Gasteiger partial charge in [0, 0.05) is 12.2 Å². The van der Waals surface area contributed by atoms with Crippen molar-refractivity contribution in [2.45, 2.75) is 38.1 Å². The first-order chi connectivity index (χ1) is 14.9. The Morgan fingerprint density at radius 2 is 1.81 bits per heavy atom. The van der Waals surface area contributed by atoms with E-state index in [4.69, 9.17) is 5.73 Å². The summed E-state index contributed by atoms with van der Waals surface area (Å²) in [6.45, 7) is 2.18. The minimum Gasteiger partial charge on any atom is -0.328 e. The average Bonchev–Trinajstić information content (AvgIpc) is 2.73. The van der Waals surface area contributed by atoms with Crippen LogP contribution in [0.2, 0.25) is 0 Å². The molecule has 0 saturated heterocycles. The van der Waals surface area contributed by atoms with Crippen LogP contribution in [0.25, 0.3) is 11.3 Å². The van der Waals surface area contributed by atoms with Gasteiger partial charge in [-0.05, 0) is 67.0 Å². The highest BCUT2D eigenvalue weighted by Gasteiger charge is 2.27. The summed E-state index contributed by atoms with van der Waals surface area (Å²) in [6.07, 6.45) is 6.14. The second-order valence-corrected chi connectivity index (χ2v) is 8.19. The standard InChI is InChI=1S/C24H24F2N4O/c1-14-10-15(12-16(27)11-14)17-8-9-28-13-22(17)30-24(31)21-7-3-6-20(29-21)23-18(25)4-2-5-19(23)26/h2-9,13-16H,10-12,27H2,1H3,(H,30,31)/t14-,15+,16-/m0/s1. The van der Waals surface area contributed by atoms with E-state index in [0.29, 0.717) is 11.6 Å². The number of carbonyl (C=O) groups excluding carboxylic acids is 1. The minimum atomic E-state index is -0.734. The summed E-state index contributed by atoms with van der Waals surface area (Å²) >= 11 is 0. The molecule has 7 heteroatoms. The Morgan fingerprint density at radius 3 is 2.55 bits per heavy atom. The zero-order chi connectivity index (χ0) is 22.0. The number of nitrogens with zero attached hydrogens (tertiary/aromatic N) is 2. The molecule has 0 spiro atoms. The predicted octanol–water partition coefficient (Wildman–Crippen LogP) is 4.91. The molecule has 1 saturated carbocycles. The van der Waals surface area contributed by atoms with Gasteiger partial charge in [0.2, 0.25) is 0 Å². The fourth-order valence-electron chi connectivity index (χ4n) is 4.41. The lowest BCUT2D eigenvalue weighted by Crippen LogP contribution is -2.31. The van der Waals surface area contributed by atoms with E-state index in [9.17, 15) is 13.6 Å². The van der Waals surface area contributed by atoms with Gasteiger partial charge in [0.25, 0.3) is 5.91 Å². The zero-order valence-corrected chi connectivity index (χ0v) is 17.2. The molecule has 2 aromatic heterocycles. The number of pyridine rings is 2. The molecule has 1 aliphatic carbocycles. The van der Waals surface area contributed by atoms with E-state index < -0.39 is 17.5 Å². The van der Waals surface area contributed by atoms with Crippen LogP contribution in [0.3, 0.4) is 0 Å². The number of hydrogen-bond acceptors (Lipinski definition) is 4. The monoisotopic (exact) mass is 422 g/mol. The van der Waals surface area contributed by atoms with Gasteiger partial charge in [0.05, 0.1) is 23.1 Å². The number of halogens is 2. The summed E-state index contributed by atoms with van der Waals surface area (Å²) in [5.41, 5.74) is 7.66. The largest absolute Gasteiger partial charge is 0.328 e. The van der Waals surface area contributed by atoms with Gasteiger partial charge in [0.15, 0.2) is 0 Å². The van der Waals surface area contributed by atoms with Crippen molar-refractivity contribution in [1.82, 2.24) is 9.97 Å². The molecule has 0 unspecified atom stereocenters. The maximum Gasteiger partial charge on any atom is 0.274 e. The number of anilines is 1. The van der Waals surface area contributed by atoms with Crippen LogP contribution in [0.5, 0.6) is 0 Å². The molecule has 0 bridgehead atoms. The van der Waals surface area contributed by atoms with E-state index in [1.807, 2.05) is 6.07 Å². The Kier molecular flexibility index (Phi) is 6.04. The predicted molar refractivity (Wildman–Crippen MR) is 116 cm³/mol. The summed E-state index contributed by atoms with van der Waals surface area (Å²) in [5.74, 6) is -1.21. The van der Waals surface area contributed by atoms with Crippen LogP contribution in [0.1, 0.15) is 48.2 Å². The maximum atomic E-state index is 14.1. The topological polar surface area (TPSA) is 80.9 Å². The van der Waals surface area contributed by atoms with E-state index in [-0.39, 0.29) is 28.9 Å². The molecular weight excluding hydrogens is 398 g/mol. The normalized spacial score (nSPS) is 21.0. The highest BCUT2D eigenvalue weighted by atomic mass is 19.1. The second kappa shape index (κ2) is 8.89. The fraction of sp³-hybridized carbons (Fsp3) is 0.292. The number of nitrogens with one attached hydrogen (secondary N) is 1. The van der Waals surface area contributed by atoms with E-state index in [2.05, 4.69) is 22.2 Å². The van der Waals surface area contributed by atoms with E-state index in [0.717, 1.165) is 37.0 Å². The number of hydrogen-bond donors (Lipinski definition) is 2. The van der Waals surface area contributed by atoms with Crippen molar-refractivity contribution < 1.29 is 13.6 Å². The van der Waals surface area contributed by atoms with Gasteiger partial charge in [-0.3, -0.25) is 9.78 Å². The Balaban J connectivity index is 1.60. The summed E-state index contributed by atoms with van der Waals surface area (Å²) < 4.78 is 28.3. The van der Waals surface area contributed by atoms with Gasteiger partial charge in [-0.15, -0.1) is 0 Å². The van der Waals surface area contributed by atoms with Gasteiger partial charge in [0.1, 0.15) is 17.3 Å². The van der Waals surface area contributed by atoms with Crippen LogP contribution in [0.4, 0.5) is 14.5 Å². The molecule has 3 atom stereocenters. The van der Waals surface area contributed by atoms with Crippen molar-refractivity contribution in [2.75, 3.05) is 5.32 Å². The van der Waals surface area contributed by atoms with Crippen molar-refractivity contribution >= 4 is 11.6 Å². The lowest BCUT2D eigenvalue weighted by atomic mass is 9.76. The van der Waals surface area contributed by atoms with Crippen LogP contribution < -0.4 is 11.1 Å². The number of amides is 1. The van der Waals surface area contributed by atoms with Crippen LogP contribution in [-0.2, 0) is 0 Å². The second-order valence-electron chi connectivity index (χ2n) is 8.19. The Labute approximate surface area is 179 Å². The zero-order valence-electron chi connectivity index (χ0n) is 17.2. The molecule has 5 nitrogen and oxygen atoms in total. The molecule has 160 valence electrons. The first-order valence-electron chi connectivity index (χ1n) is 10.3. The van der Waals surface area contributed by atoms with Crippen molar-refractivity contribution in [3.8, 4) is 11.3 Å². The lowest BCUT2D eigenvalue weighted by Gasteiger charge is -2.32. The third kappa shape index (κ3) is 4.61. The number of benzene rings is 1. The molecule has 3 aromatic rings. The Bertz CT molecular complexity index is 1070.